The van der Waals surface area contributed by atoms with Crippen molar-refractivity contribution in [3.8, 4) is 5.75 Å². The Bertz CT molecular complexity index is 912. The zero-order chi connectivity index (χ0) is 21.8. The van der Waals surface area contributed by atoms with Gasteiger partial charge in [-0.2, -0.15) is 0 Å². The van der Waals surface area contributed by atoms with Gasteiger partial charge < -0.3 is 24.9 Å². The van der Waals surface area contributed by atoms with E-state index in [1.165, 1.54) is 13.1 Å². The number of aliphatic hydroxyl groups is 1. The van der Waals surface area contributed by atoms with Gasteiger partial charge in [0, 0.05) is 25.1 Å². The fourth-order valence-corrected chi connectivity index (χ4v) is 3.94. The van der Waals surface area contributed by atoms with Crippen LogP contribution in [0.15, 0.2) is 28.7 Å². The van der Waals surface area contributed by atoms with Crippen LogP contribution in [0.3, 0.4) is 0 Å². The van der Waals surface area contributed by atoms with Crippen LogP contribution in [0.2, 0.25) is 0 Å². The topological polar surface area (TPSA) is 101 Å². The van der Waals surface area contributed by atoms with E-state index in [0.29, 0.717) is 24.2 Å². The molecule has 162 valence electrons. The summed E-state index contributed by atoms with van der Waals surface area (Å²) in [5, 5.41) is 15.3. The van der Waals surface area contributed by atoms with E-state index in [0.717, 1.165) is 29.7 Å². The molecular weight excluding hydrogens is 384 g/mol. The van der Waals surface area contributed by atoms with Gasteiger partial charge in [0.15, 0.2) is 5.76 Å². The van der Waals surface area contributed by atoms with Crippen molar-refractivity contribution in [2.75, 3.05) is 14.2 Å². The Hall–Kier alpha value is -2.80. The van der Waals surface area contributed by atoms with Crippen LogP contribution in [-0.4, -0.2) is 43.2 Å². The summed E-state index contributed by atoms with van der Waals surface area (Å²) in [5.41, 5.74) is 2.30. The van der Waals surface area contributed by atoms with E-state index in [1.54, 1.807) is 7.11 Å². The molecule has 0 bridgehead atoms. The summed E-state index contributed by atoms with van der Waals surface area (Å²) in [7, 11) is 3.15. The SMILES string of the molecule is CNC(=O)c1cc(C(=O)N[C@H]2CC[C@H](O)CC2)c(C(C)c2ccc(OC)c(C)c2)o1. The first-order chi connectivity index (χ1) is 14.3. The molecule has 1 fully saturated rings. The highest BCUT2D eigenvalue weighted by Crippen LogP contribution is 2.32. The second-order valence-electron chi connectivity index (χ2n) is 7.90. The van der Waals surface area contributed by atoms with Crippen molar-refractivity contribution in [2.45, 2.75) is 57.6 Å². The number of hydrogen-bond donors (Lipinski definition) is 3. The number of rotatable bonds is 6. The Kier molecular flexibility index (Phi) is 6.82. The van der Waals surface area contributed by atoms with E-state index in [4.69, 9.17) is 9.15 Å². The van der Waals surface area contributed by atoms with Gasteiger partial charge in [0.1, 0.15) is 11.5 Å². The Labute approximate surface area is 176 Å². The molecular formula is C23H30N2O5. The molecule has 0 saturated heterocycles. The third-order valence-electron chi connectivity index (χ3n) is 5.80. The molecule has 7 nitrogen and oxygen atoms in total. The number of aliphatic hydroxyl groups excluding tert-OH is 1. The molecule has 3 N–H and O–H groups in total. The van der Waals surface area contributed by atoms with Crippen molar-refractivity contribution >= 4 is 11.8 Å². The number of ether oxygens (including phenoxy) is 1. The number of nitrogens with one attached hydrogen (secondary N) is 2. The minimum atomic E-state index is -0.380. The zero-order valence-electron chi connectivity index (χ0n) is 18.0. The number of aryl methyl sites for hydroxylation is 1. The molecule has 1 unspecified atom stereocenters. The Morgan fingerprint density at radius 3 is 2.47 bits per heavy atom. The van der Waals surface area contributed by atoms with Gasteiger partial charge in [0.05, 0.1) is 18.8 Å². The van der Waals surface area contributed by atoms with Crippen molar-refractivity contribution in [1.82, 2.24) is 10.6 Å². The van der Waals surface area contributed by atoms with Crippen LogP contribution in [0.25, 0.3) is 0 Å². The highest BCUT2D eigenvalue weighted by atomic mass is 16.5. The molecule has 1 aliphatic carbocycles. The van der Waals surface area contributed by atoms with Gasteiger partial charge in [-0.1, -0.05) is 19.1 Å². The second kappa shape index (κ2) is 9.34. The number of carbonyl (C=O) groups is 2. The van der Waals surface area contributed by atoms with Crippen LogP contribution in [0.5, 0.6) is 5.75 Å². The summed E-state index contributed by atoms with van der Waals surface area (Å²) in [6.45, 7) is 3.90. The predicted octanol–water partition coefficient (Wildman–Crippen LogP) is 3.14. The molecule has 7 heteroatoms. The molecule has 30 heavy (non-hydrogen) atoms. The third kappa shape index (κ3) is 4.67. The molecule has 0 spiro atoms. The van der Waals surface area contributed by atoms with Crippen molar-refractivity contribution in [3.63, 3.8) is 0 Å². The van der Waals surface area contributed by atoms with E-state index in [2.05, 4.69) is 10.6 Å². The summed E-state index contributed by atoms with van der Waals surface area (Å²) >= 11 is 0. The number of carbonyl (C=O) groups excluding carboxylic acids is 2. The quantitative estimate of drug-likeness (QED) is 0.674. The highest BCUT2D eigenvalue weighted by Gasteiger charge is 2.28. The van der Waals surface area contributed by atoms with Gasteiger partial charge in [-0.25, -0.2) is 0 Å². The largest absolute Gasteiger partial charge is 0.496 e. The minimum absolute atomic E-state index is 0.00522. The van der Waals surface area contributed by atoms with Crippen molar-refractivity contribution in [3.05, 3.63) is 52.5 Å². The van der Waals surface area contributed by atoms with Gasteiger partial charge in [-0.3, -0.25) is 9.59 Å². The van der Waals surface area contributed by atoms with Crippen LogP contribution < -0.4 is 15.4 Å². The molecule has 1 aromatic carbocycles. The maximum Gasteiger partial charge on any atom is 0.286 e. The summed E-state index contributed by atoms with van der Waals surface area (Å²) in [4.78, 5) is 25.2. The minimum Gasteiger partial charge on any atom is -0.496 e. The molecule has 2 aromatic rings. The maximum atomic E-state index is 13.1. The lowest BCUT2D eigenvalue weighted by Crippen LogP contribution is -2.38. The van der Waals surface area contributed by atoms with E-state index in [9.17, 15) is 14.7 Å². The zero-order valence-corrected chi connectivity index (χ0v) is 18.0. The lowest BCUT2D eigenvalue weighted by atomic mass is 9.92. The maximum absolute atomic E-state index is 13.1. The van der Waals surface area contributed by atoms with Gasteiger partial charge in [0.2, 0.25) is 0 Å². The summed E-state index contributed by atoms with van der Waals surface area (Å²) in [5.74, 6) is 0.465. The van der Waals surface area contributed by atoms with E-state index in [-0.39, 0.29) is 35.6 Å². The second-order valence-corrected chi connectivity index (χ2v) is 7.90. The van der Waals surface area contributed by atoms with Crippen LogP contribution in [0, 0.1) is 6.92 Å². The smallest absolute Gasteiger partial charge is 0.286 e. The van der Waals surface area contributed by atoms with Crippen molar-refractivity contribution in [1.29, 1.82) is 0 Å². The van der Waals surface area contributed by atoms with Gasteiger partial charge in [-0.05, 0) is 49.8 Å². The molecule has 3 rings (SSSR count). The fraction of sp³-hybridized carbons (Fsp3) is 0.478. The third-order valence-corrected chi connectivity index (χ3v) is 5.80. The first kappa shape index (κ1) is 21.9. The standard InChI is InChI=1S/C23H30N2O5/c1-13-11-15(5-10-19(13)29-4)14(2)21-18(12-20(30-21)23(28)24-3)22(27)25-16-6-8-17(26)9-7-16/h5,10-12,14,16-17,26H,6-9H2,1-4H3,(H,24,28)(H,25,27)/t14?,16-,17-. The number of methoxy groups -OCH3 is 1. The monoisotopic (exact) mass is 414 g/mol. The lowest BCUT2D eigenvalue weighted by molar-refractivity contribution is 0.0864. The average molecular weight is 415 g/mol. The summed E-state index contributed by atoms with van der Waals surface area (Å²) in [6.07, 6.45) is 2.52. The van der Waals surface area contributed by atoms with Crippen molar-refractivity contribution < 1.29 is 23.8 Å². The Morgan fingerprint density at radius 1 is 1.17 bits per heavy atom. The molecule has 1 heterocycles. The molecule has 0 aliphatic heterocycles. The van der Waals surface area contributed by atoms with Gasteiger partial charge >= 0.3 is 0 Å². The highest BCUT2D eigenvalue weighted by molar-refractivity contribution is 5.99. The first-order valence-corrected chi connectivity index (χ1v) is 10.3. The Balaban J connectivity index is 1.90. The van der Waals surface area contributed by atoms with E-state index < -0.39 is 0 Å². The average Bonchev–Trinajstić information content (AvgIpc) is 3.20. The molecule has 1 saturated carbocycles. The molecule has 2 amide bonds. The van der Waals surface area contributed by atoms with Crippen LogP contribution in [0.1, 0.15) is 76.3 Å². The molecule has 1 aromatic heterocycles. The van der Waals surface area contributed by atoms with Crippen LogP contribution >= 0.6 is 0 Å². The van der Waals surface area contributed by atoms with E-state index in [1.807, 2.05) is 32.0 Å². The summed E-state index contributed by atoms with van der Waals surface area (Å²) in [6, 6.07) is 7.33. The number of hydrogen-bond acceptors (Lipinski definition) is 5. The van der Waals surface area contributed by atoms with Gasteiger partial charge in [-0.15, -0.1) is 0 Å². The lowest BCUT2D eigenvalue weighted by Gasteiger charge is -2.26. The van der Waals surface area contributed by atoms with E-state index >= 15 is 0 Å². The normalized spacial score (nSPS) is 19.8. The molecule has 1 atom stereocenters. The van der Waals surface area contributed by atoms with Gasteiger partial charge in [0.25, 0.3) is 11.8 Å². The fourth-order valence-electron chi connectivity index (χ4n) is 3.94. The molecule has 0 radical (unpaired) electrons. The first-order valence-electron chi connectivity index (χ1n) is 10.3. The predicted molar refractivity (Wildman–Crippen MR) is 113 cm³/mol. The number of furan rings is 1. The summed E-state index contributed by atoms with van der Waals surface area (Å²) < 4.78 is 11.2. The molecule has 1 aliphatic rings. The van der Waals surface area contributed by atoms with Crippen LogP contribution in [0.4, 0.5) is 0 Å². The number of benzene rings is 1. The number of amides is 2. The van der Waals surface area contributed by atoms with Crippen molar-refractivity contribution in [2.24, 2.45) is 0 Å². The Morgan fingerprint density at radius 2 is 1.87 bits per heavy atom. The van der Waals surface area contributed by atoms with Crippen LogP contribution in [-0.2, 0) is 0 Å².